The Labute approximate surface area is 155 Å². The van der Waals surface area contributed by atoms with Crippen molar-refractivity contribution in [2.45, 2.75) is 57.4 Å². The number of nitrogens with one attached hydrogen (secondary N) is 1. The molecule has 2 atom stereocenters. The summed E-state index contributed by atoms with van der Waals surface area (Å²) in [7, 11) is 0. The van der Waals surface area contributed by atoms with Crippen LogP contribution in [0.5, 0.6) is 0 Å². The van der Waals surface area contributed by atoms with Crippen molar-refractivity contribution in [2.24, 2.45) is 17.3 Å². The molecule has 2 aromatic rings. The Hall–Kier alpha value is -2.03. The van der Waals surface area contributed by atoms with E-state index < -0.39 is 0 Å². The molecule has 4 aliphatic carbocycles. The Kier molecular flexibility index (Phi) is 3.57. The van der Waals surface area contributed by atoms with Crippen molar-refractivity contribution in [1.82, 2.24) is 5.32 Å². The van der Waals surface area contributed by atoms with Gasteiger partial charge in [-0.05, 0) is 80.4 Å². The number of aryl methyl sites for hydroxylation is 1. The van der Waals surface area contributed by atoms with E-state index in [1.165, 1.54) is 30.4 Å². The minimum atomic E-state index is -0.179. The Balaban J connectivity index is 1.43. The molecule has 4 saturated carbocycles. The molecule has 6 rings (SSSR count). The second kappa shape index (κ2) is 5.73. The monoisotopic (exact) mass is 349 g/mol. The highest BCUT2D eigenvalue weighted by molar-refractivity contribution is 5.83. The number of carbonyl (C=O) groups excluding carboxylic acids is 1. The van der Waals surface area contributed by atoms with Gasteiger partial charge in [0, 0.05) is 0 Å². The molecule has 3 heteroatoms. The first-order valence-corrected chi connectivity index (χ1v) is 9.95. The van der Waals surface area contributed by atoms with Crippen molar-refractivity contribution in [1.29, 1.82) is 0 Å². The van der Waals surface area contributed by atoms with Crippen molar-refractivity contribution < 1.29 is 9.21 Å². The van der Waals surface area contributed by atoms with Crippen LogP contribution in [0.15, 0.2) is 47.1 Å². The second-order valence-electron chi connectivity index (χ2n) is 9.15. The molecule has 0 unspecified atom stereocenters. The molecule has 26 heavy (non-hydrogen) atoms. The molecule has 1 aromatic carbocycles. The minimum absolute atomic E-state index is 0.179. The number of amides is 1. The molecule has 0 aliphatic heterocycles. The van der Waals surface area contributed by atoms with Gasteiger partial charge in [-0.1, -0.05) is 29.8 Å². The summed E-state index contributed by atoms with van der Waals surface area (Å²) in [6.45, 7) is 2.65. The van der Waals surface area contributed by atoms with E-state index in [0.29, 0.717) is 18.4 Å². The van der Waals surface area contributed by atoms with Crippen molar-refractivity contribution in [3.8, 4) is 0 Å². The van der Waals surface area contributed by atoms with E-state index in [2.05, 4.69) is 36.5 Å². The van der Waals surface area contributed by atoms with Gasteiger partial charge >= 0.3 is 0 Å². The van der Waals surface area contributed by atoms with Gasteiger partial charge in [0.2, 0.25) is 5.91 Å². The van der Waals surface area contributed by atoms with Crippen LogP contribution in [-0.2, 0) is 16.8 Å². The molecule has 4 aliphatic rings. The highest BCUT2D eigenvalue weighted by Crippen LogP contribution is 2.65. The molecular weight excluding hydrogens is 322 g/mol. The van der Waals surface area contributed by atoms with Gasteiger partial charge in [0.05, 0.1) is 18.2 Å². The molecular formula is C23H27NO2. The van der Waals surface area contributed by atoms with Gasteiger partial charge in [-0.15, -0.1) is 0 Å². The van der Waals surface area contributed by atoms with Crippen LogP contribution >= 0.6 is 0 Å². The maximum atomic E-state index is 13.3. The third kappa shape index (κ3) is 2.52. The van der Waals surface area contributed by atoms with Gasteiger partial charge < -0.3 is 9.73 Å². The molecule has 4 fully saturated rings. The molecule has 0 radical (unpaired) electrons. The van der Waals surface area contributed by atoms with Crippen molar-refractivity contribution in [2.75, 3.05) is 0 Å². The normalized spacial score (nSPS) is 34.8. The van der Waals surface area contributed by atoms with Crippen LogP contribution in [0.2, 0.25) is 0 Å². The fourth-order valence-electron chi connectivity index (χ4n) is 6.54. The summed E-state index contributed by atoms with van der Waals surface area (Å²) in [6, 6.07) is 12.9. The van der Waals surface area contributed by atoms with Gasteiger partial charge in [-0.2, -0.15) is 0 Å². The lowest BCUT2D eigenvalue weighted by Gasteiger charge is -2.61. The van der Waals surface area contributed by atoms with Gasteiger partial charge in [-0.3, -0.25) is 4.79 Å². The van der Waals surface area contributed by atoms with Crippen LogP contribution in [0.3, 0.4) is 0 Å². The van der Waals surface area contributed by atoms with Crippen molar-refractivity contribution in [3.05, 3.63) is 59.5 Å². The highest BCUT2D eigenvalue weighted by Gasteiger charge is 2.60. The summed E-state index contributed by atoms with van der Waals surface area (Å²) >= 11 is 0. The lowest BCUT2D eigenvalue weighted by atomic mass is 9.42. The zero-order valence-electron chi connectivity index (χ0n) is 15.5. The predicted octanol–water partition coefficient (Wildman–Crippen LogP) is 4.74. The molecule has 1 N–H and O–H groups in total. The van der Waals surface area contributed by atoms with Crippen molar-refractivity contribution in [3.63, 3.8) is 0 Å². The SMILES string of the molecule is Cc1ccc(C23C[C@H]4C[C@@H](CC(C(=O)NCc5ccco5)(C4)C2)C3)cc1. The number of carbonyl (C=O) groups is 1. The van der Waals surface area contributed by atoms with Crippen LogP contribution in [0, 0.1) is 24.2 Å². The van der Waals surface area contributed by atoms with E-state index in [4.69, 9.17) is 4.42 Å². The molecule has 0 saturated heterocycles. The Morgan fingerprint density at radius 3 is 2.50 bits per heavy atom. The number of hydrogen-bond donors (Lipinski definition) is 1. The summed E-state index contributed by atoms with van der Waals surface area (Å²) in [4.78, 5) is 13.3. The van der Waals surface area contributed by atoms with E-state index in [1.54, 1.807) is 6.26 Å². The van der Waals surface area contributed by atoms with Gasteiger partial charge in [0.25, 0.3) is 0 Å². The second-order valence-corrected chi connectivity index (χ2v) is 9.15. The summed E-state index contributed by atoms with van der Waals surface area (Å²) in [5.41, 5.74) is 2.80. The molecule has 136 valence electrons. The maximum absolute atomic E-state index is 13.3. The lowest BCUT2D eigenvalue weighted by Crippen LogP contribution is -2.59. The smallest absolute Gasteiger partial charge is 0.226 e. The van der Waals surface area contributed by atoms with E-state index in [-0.39, 0.29) is 16.7 Å². The lowest BCUT2D eigenvalue weighted by molar-refractivity contribution is -0.149. The zero-order chi connectivity index (χ0) is 17.8. The summed E-state index contributed by atoms with van der Waals surface area (Å²) in [5.74, 6) is 2.48. The van der Waals surface area contributed by atoms with E-state index in [9.17, 15) is 4.79 Å². The Bertz CT molecular complexity index is 791. The number of benzene rings is 1. The van der Waals surface area contributed by atoms with Crippen LogP contribution < -0.4 is 5.32 Å². The first-order valence-electron chi connectivity index (χ1n) is 9.95. The van der Waals surface area contributed by atoms with Crippen LogP contribution in [-0.4, -0.2) is 5.91 Å². The van der Waals surface area contributed by atoms with Crippen LogP contribution in [0.4, 0.5) is 0 Å². The molecule has 1 amide bonds. The molecule has 1 aromatic heterocycles. The van der Waals surface area contributed by atoms with Gasteiger partial charge in [-0.25, -0.2) is 0 Å². The minimum Gasteiger partial charge on any atom is -0.467 e. The molecule has 0 spiro atoms. The van der Waals surface area contributed by atoms with Crippen molar-refractivity contribution >= 4 is 5.91 Å². The molecule has 3 nitrogen and oxygen atoms in total. The first-order chi connectivity index (χ1) is 12.6. The summed E-state index contributed by atoms with van der Waals surface area (Å²) < 4.78 is 5.39. The first kappa shape index (κ1) is 16.2. The number of furan rings is 1. The fourth-order valence-corrected chi connectivity index (χ4v) is 6.54. The maximum Gasteiger partial charge on any atom is 0.226 e. The van der Waals surface area contributed by atoms with Crippen LogP contribution in [0.1, 0.15) is 55.4 Å². The quantitative estimate of drug-likeness (QED) is 0.866. The predicted molar refractivity (Wildman–Crippen MR) is 101 cm³/mol. The molecule has 4 bridgehead atoms. The summed E-state index contributed by atoms with van der Waals surface area (Å²) in [5, 5.41) is 3.19. The Morgan fingerprint density at radius 1 is 1.12 bits per heavy atom. The standard InChI is InChI=1S/C23H27NO2/c1-16-4-6-19(7-5-16)22-10-17-9-18(11-22)13-23(12-17,15-22)21(25)24-14-20-3-2-8-26-20/h2-8,17-18H,9-15H2,1H3,(H,24,25)/t17-,18-,22?,23?/m1/s1. The highest BCUT2D eigenvalue weighted by atomic mass is 16.3. The molecule has 1 heterocycles. The van der Waals surface area contributed by atoms with Gasteiger partial charge in [0.15, 0.2) is 0 Å². The fraction of sp³-hybridized carbons (Fsp3) is 0.522. The largest absolute Gasteiger partial charge is 0.467 e. The average molecular weight is 349 g/mol. The summed E-state index contributed by atoms with van der Waals surface area (Å²) in [6.07, 6.45) is 8.67. The average Bonchev–Trinajstić information content (AvgIpc) is 3.12. The van der Waals surface area contributed by atoms with E-state index in [0.717, 1.165) is 25.0 Å². The number of rotatable bonds is 4. The zero-order valence-corrected chi connectivity index (χ0v) is 15.5. The number of hydrogen-bond acceptors (Lipinski definition) is 2. The Morgan fingerprint density at radius 2 is 1.85 bits per heavy atom. The van der Waals surface area contributed by atoms with E-state index >= 15 is 0 Å². The topological polar surface area (TPSA) is 42.2 Å². The third-order valence-corrected chi connectivity index (χ3v) is 7.21. The van der Waals surface area contributed by atoms with E-state index in [1.807, 2.05) is 12.1 Å². The third-order valence-electron chi connectivity index (χ3n) is 7.21. The van der Waals surface area contributed by atoms with Gasteiger partial charge in [0.1, 0.15) is 5.76 Å². The van der Waals surface area contributed by atoms with Crippen LogP contribution in [0.25, 0.3) is 0 Å².